The maximum absolute atomic E-state index is 12.8. The molecule has 15 heavy (non-hydrogen) atoms. The van der Waals surface area contributed by atoms with Crippen molar-refractivity contribution in [2.45, 2.75) is 26.7 Å². The Bertz CT molecular complexity index is 300. The number of halogens is 1. The molecule has 0 bridgehead atoms. The Hall–Kier alpha value is -0.890. The molecule has 0 N–H and O–H groups in total. The van der Waals surface area contributed by atoms with E-state index in [0.717, 1.165) is 19.5 Å². The minimum absolute atomic E-state index is 0.00257. The van der Waals surface area contributed by atoms with Crippen LogP contribution in [0.15, 0.2) is 35.2 Å². The van der Waals surface area contributed by atoms with Crippen molar-refractivity contribution >= 4 is 0 Å². The van der Waals surface area contributed by atoms with E-state index in [1.807, 2.05) is 6.08 Å². The summed E-state index contributed by atoms with van der Waals surface area (Å²) in [4.78, 5) is 2.24. The Morgan fingerprint density at radius 1 is 1.47 bits per heavy atom. The molecular formula is C13H20FN. The molecule has 84 valence electrons. The quantitative estimate of drug-likeness (QED) is 0.685. The van der Waals surface area contributed by atoms with E-state index in [4.69, 9.17) is 0 Å². The fourth-order valence-electron chi connectivity index (χ4n) is 1.49. The van der Waals surface area contributed by atoms with Crippen LogP contribution in [0.3, 0.4) is 0 Å². The van der Waals surface area contributed by atoms with Crippen molar-refractivity contribution in [3.05, 3.63) is 35.2 Å². The molecule has 0 spiro atoms. The highest BCUT2D eigenvalue weighted by Gasteiger charge is 2.06. The fourth-order valence-corrected chi connectivity index (χ4v) is 1.49. The van der Waals surface area contributed by atoms with Crippen molar-refractivity contribution in [1.29, 1.82) is 0 Å². The van der Waals surface area contributed by atoms with Gasteiger partial charge in [0.15, 0.2) is 0 Å². The molecule has 0 aromatic heterocycles. The molecule has 0 atom stereocenters. The van der Waals surface area contributed by atoms with E-state index >= 15 is 0 Å². The molecule has 0 aromatic rings. The first-order valence-corrected chi connectivity index (χ1v) is 5.54. The van der Waals surface area contributed by atoms with Gasteiger partial charge in [0, 0.05) is 13.0 Å². The second-order valence-corrected chi connectivity index (χ2v) is 4.05. The van der Waals surface area contributed by atoms with Gasteiger partial charge in [-0.1, -0.05) is 24.6 Å². The zero-order chi connectivity index (χ0) is 11.3. The molecular weight excluding hydrogens is 189 g/mol. The molecule has 0 aromatic carbocycles. The first-order valence-electron chi connectivity index (χ1n) is 5.54. The van der Waals surface area contributed by atoms with Gasteiger partial charge in [-0.3, -0.25) is 0 Å². The van der Waals surface area contributed by atoms with Gasteiger partial charge in [0.2, 0.25) is 0 Å². The Morgan fingerprint density at radius 2 is 2.20 bits per heavy atom. The number of allylic oxidation sites excluding steroid dienone is 5. The van der Waals surface area contributed by atoms with Crippen molar-refractivity contribution in [3.8, 4) is 0 Å². The standard InChI is InChI=1S/C13H20FN/c1-4-15(3)10-9-11(2)12-5-7-13(14)8-6-12/h5,7,9H,4,6,8,10H2,1-3H3/b11-9+. The summed E-state index contributed by atoms with van der Waals surface area (Å²) in [6, 6.07) is 0. The van der Waals surface area contributed by atoms with Gasteiger partial charge in [-0.05, 0) is 38.6 Å². The van der Waals surface area contributed by atoms with E-state index in [2.05, 4.69) is 31.9 Å². The number of likely N-dealkylation sites (N-methyl/N-ethyl adjacent to an activating group) is 1. The van der Waals surface area contributed by atoms with Gasteiger partial charge >= 0.3 is 0 Å². The first-order chi connectivity index (χ1) is 7.13. The summed E-state index contributed by atoms with van der Waals surface area (Å²) in [6.07, 6.45) is 7.09. The second-order valence-electron chi connectivity index (χ2n) is 4.05. The van der Waals surface area contributed by atoms with E-state index in [1.54, 1.807) is 6.08 Å². The predicted molar refractivity (Wildman–Crippen MR) is 63.4 cm³/mol. The van der Waals surface area contributed by atoms with Crippen LogP contribution in [0.25, 0.3) is 0 Å². The summed E-state index contributed by atoms with van der Waals surface area (Å²) in [5.41, 5.74) is 2.54. The monoisotopic (exact) mass is 209 g/mol. The molecule has 1 nitrogen and oxygen atoms in total. The molecule has 0 saturated heterocycles. The first kappa shape index (κ1) is 12.2. The van der Waals surface area contributed by atoms with Crippen LogP contribution in [-0.2, 0) is 0 Å². The molecule has 0 unspecified atom stereocenters. The lowest BCUT2D eigenvalue weighted by Gasteiger charge is -2.14. The second kappa shape index (κ2) is 5.86. The summed E-state index contributed by atoms with van der Waals surface area (Å²) >= 11 is 0. The number of nitrogens with zero attached hydrogens (tertiary/aromatic N) is 1. The van der Waals surface area contributed by atoms with E-state index in [0.29, 0.717) is 6.42 Å². The predicted octanol–water partition coefficient (Wildman–Crippen LogP) is 3.46. The topological polar surface area (TPSA) is 3.24 Å². The molecule has 0 fully saturated rings. The van der Waals surface area contributed by atoms with E-state index in [1.165, 1.54) is 11.1 Å². The molecule has 0 amide bonds. The van der Waals surface area contributed by atoms with Gasteiger partial charge in [-0.15, -0.1) is 0 Å². The third-order valence-electron chi connectivity index (χ3n) is 2.85. The minimum atomic E-state index is -0.00257. The van der Waals surface area contributed by atoms with Crippen molar-refractivity contribution < 1.29 is 4.39 Å². The van der Waals surface area contributed by atoms with Gasteiger partial charge in [0.1, 0.15) is 5.83 Å². The molecule has 0 aliphatic heterocycles. The molecule has 1 rings (SSSR count). The van der Waals surface area contributed by atoms with Crippen LogP contribution in [0, 0.1) is 0 Å². The van der Waals surface area contributed by atoms with Crippen LogP contribution >= 0.6 is 0 Å². The Kier molecular flexibility index (Phi) is 4.76. The average Bonchev–Trinajstić information content (AvgIpc) is 2.26. The van der Waals surface area contributed by atoms with Crippen LogP contribution in [0.4, 0.5) is 4.39 Å². The van der Waals surface area contributed by atoms with Gasteiger partial charge in [-0.2, -0.15) is 0 Å². The van der Waals surface area contributed by atoms with E-state index < -0.39 is 0 Å². The lowest BCUT2D eigenvalue weighted by Crippen LogP contribution is -2.17. The zero-order valence-corrected chi connectivity index (χ0v) is 9.89. The van der Waals surface area contributed by atoms with Gasteiger partial charge in [0.05, 0.1) is 0 Å². The zero-order valence-electron chi connectivity index (χ0n) is 9.89. The summed E-state index contributed by atoms with van der Waals surface area (Å²) in [7, 11) is 2.10. The fraction of sp³-hybridized carbons (Fsp3) is 0.538. The highest BCUT2D eigenvalue weighted by atomic mass is 19.1. The molecule has 1 aliphatic rings. The molecule has 2 heteroatoms. The normalized spacial score (nSPS) is 17.8. The highest BCUT2D eigenvalue weighted by molar-refractivity contribution is 5.35. The lowest BCUT2D eigenvalue weighted by atomic mass is 9.97. The van der Waals surface area contributed by atoms with Crippen LogP contribution in [0.1, 0.15) is 26.7 Å². The van der Waals surface area contributed by atoms with Crippen molar-refractivity contribution in [1.82, 2.24) is 4.90 Å². The largest absolute Gasteiger partial charge is 0.303 e. The summed E-state index contributed by atoms with van der Waals surface area (Å²) in [5, 5.41) is 0. The number of hydrogen-bond donors (Lipinski definition) is 0. The smallest absolute Gasteiger partial charge is 0.100 e. The SMILES string of the molecule is CCN(C)C/C=C(\C)C1=CC=C(F)CC1. The van der Waals surface area contributed by atoms with Crippen molar-refractivity contribution in [2.24, 2.45) is 0 Å². The third-order valence-corrected chi connectivity index (χ3v) is 2.85. The van der Waals surface area contributed by atoms with Crippen LogP contribution in [0.5, 0.6) is 0 Å². The average molecular weight is 209 g/mol. The molecule has 1 aliphatic carbocycles. The summed E-state index contributed by atoms with van der Waals surface area (Å²) in [5.74, 6) is -0.00257. The van der Waals surface area contributed by atoms with Gasteiger partial charge in [-0.25, -0.2) is 4.39 Å². The Labute approximate surface area is 92.0 Å². The summed E-state index contributed by atoms with van der Waals surface area (Å²) in [6.45, 7) is 6.26. The molecule has 0 heterocycles. The van der Waals surface area contributed by atoms with E-state index in [-0.39, 0.29) is 5.83 Å². The van der Waals surface area contributed by atoms with Gasteiger partial charge < -0.3 is 4.90 Å². The lowest BCUT2D eigenvalue weighted by molar-refractivity contribution is 0.391. The summed E-state index contributed by atoms with van der Waals surface area (Å²) < 4.78 is 12.8. The van der Waals surface area contributed by atoms with Crippen molar-refractivity contribution in [3.63, 3.8) is 0 Å². The molecule has 0 radical (unpaired) electrons. The van der Waals surface area contributed by atoms with Crippen LogP contribution in [-0.4, -0.2) is 25.0 Å². The van der Waals surface area contributed by atoms with Crippen molar-refractivity contribution in [2.75, 3.05) is 20.1 Å². The van der Waals surface area contributed by atoms with Crippen LogP contribution in [0.2, 0.25) is 0 Å². The maximum atomic E-state index is 12.8. The van der Waals surface area contributed by atoms with Crippen LogP contribution < -0.4 is 0 Å². The highest BCUT2D eigenvalue weighted by Crippen LogP contribution is 2.24. The molecule has 0 saturated carbocycles. The van der Waals surface area contributed by atoms with Gasteiger partial charge in [0.25, 0.3) is 0 Å². The number of rotatable bonds is 4. The Balaban J connectivity index is 2.57. The Morgan fingerprint density at radius 3 is 2.73 bits per heavy atom. The maximum Gasteiger partial charge on any atom is 0.100 e. The number of hydrogen-bond acceptors (Lipinski definition) is 1. The van der Waals surface area contributed by atoms with E-state index in [9.17, 15) is 4.39 Å². The minimum Gasteiger partial charge on any atom is -0.303 e. The third kappa shape index (κ3) is 4.00.